The van der Waals surface area contributed by atoms with Crippen LogP contribution >= 0.6 is 15.9 Å². The number of hydrogen-bond donors (Lipinski definition) is 2. The molecule has 6 nitrogen and oxygen atoms in total. The molecule has 0 fully saturated rings. The third kappa shape index (κ3) is 3.06. The summed E-state index contributed by atoms with van der Waals surface area (Å²) in [5.41, 5.74) is 5.17. The van der Waals surface area contributed by atoms with E-state index in [0.29, 0.717) is 18.3 Å². The number of amides is 1. The Labute approximate surface area is 102 Å². The van der Waals surface area contributed by atoms with Gasteiger partial charge in [-0.3, -0.25) is 4.79 Å². The number of carbonyl (C=O) groups excluding carboxylic acids is 1. The van der Waals surface area contributed by atoms with Crippen molar-refractivity contribution in [1.82, 2.24) is 9.97 Å². The Morgan fingerprint density at radius 1 is 1.69 bits per heavy atom. The highest BCUT2D eigenvalue weighted by molar-refractivity contribution is 9.10. The molecule has 16 heavy (non-hydrogen) atoms. The van der Waals surface area contributed by atoms with Crippen molar-refractivity contribution < 1.29 is 4.79 Å². The molecule has 1 heterocycles. The first-order valence-corrected chi connectivity index (χ1v) is 5.61. The average Bonchev–Trinajstić information content (AvgIpc) is 2.26. The van der Waals surface area contributed by atoms with Gasteiger partial charge in [0.2, 0.25) is 11.9 Å². The average molecular weight is 288 g/mol. The van der Waals surface area contributed by atoms with Gasteiger partial charge in [0.1, 0.15) is 5.82 Å². The van der Waals surface area contributed by atoms with Crippen molar-refractivity contribution in [3.05, 3.63) is 10.7 Å². The zero-order valence-corrected chi connectivity index (χ0v) is 10.8. The van der Waals surface area contributed by atoms with Gasteiger partial charge in [0.15, 0.2) is 0 Å². The Bertz CT molecular complexity index is 384. The Hall–Kier alpha value is -1.37. The third-order valence-corrected chi connectivity index (χ3v) is 2.54. The molecule has 0 aliphatic rings. The van der Waals surface area contributed by atoms with Crippen LogP contribution in [0.4, 0.5) is 11.8 Å². The lowest BCUT2D eigenvalue weighted by molar-refractivity contribution is -0.116. The summed E-state index contributed by atoms with van der Waals surface area (Å²) in [6, 6.07) is 0. The fourth-order valence-electron chi connectivity index (χ4n) is 1.22. The molecule has 88 valence electrons. The van der Waals surface area contributed by atoms with Crippen molar-refractivity contribution in [3.63, 3.8) is 0 Å². The highest BCUT2D eigenvalue weighted by atomic mass is 79.9. The minimum absolute atomic E-state index is 0.134. The van der Waals surface area contributed by atoms with Gasteiger partial charge in [-0.1, -0.05) is 0 Å². The molecule has 0 saturated heterocycles. The lowest BCUT2D eigenvalue weighted by Crippen LogP contribution is -2.34. The maximum absolute atomic E-state index is 10.9. The standard InChI is InChI=1S/C9H14BrN5O/c1-3-15(5-7(11)16)8-6(10)4-13-9(12-2)14-8/h4H,3,5H2,1-2H3,(H2,11,16)(H,12,13,14). The lowest BCUT2D eigenvalue weighted by atomic mass is 10.4. The van der Waals surface area contributed by atoms with Gasteiger partial charge in [0.05, 0.1) is 11.0 Å². The first-order chi connectivity index (χ1) is 7.58. The zero-order valence-electron chi connectivity index (χ0n) is 9.20. The molecule has 0 saturated carbocycles. The predicted molar refractivity (Wildman–Crippen MR) is 66.4 cm³/mol. The molecule has 0 unspecified atom stereocenters. The number of nitrogens with zero attached hydrogens (tertiary/aromatic N) is 3. The number of nitrogens with two attached hydrogens (primary N) is 1. The van der Waals surface area contributed by atoms with Crippen LogP contribution in [0, 0.1) is 0 Å². The molecule has 0 radical (unpaired) electrons. The van der Waals surface area contributed by atoms with Crippen molar-refractivity contribution >= 4 is 33.6 Å². The predicted octanol–water partition coefficient (Wildman–Crippen LogP) is 0.592. The third-order valence-electron chi connectivity index (χ3n) is 1.98. The maximum atomic E-state index is 10.9. The number of anilines is 2. The first kappa shape index (κ1) is 12.7. The van der Waals surface area contributed by atoms with E-state index in [1.165, 1.54) is 0 Å². The second-order valence-electron chi connectivity index (χ2n) is 3.10. The SMILES string of the molecule is CCN(CC(N)=O)c1nc(NC)ncc1Br. The van der Waals surface area contributed by atoms with Gasteiger partial charge in [-0.15, -0.1) is 0 Å². The highest BCUT2D eigenvalue weighted by Crippen LogP contribution is 2.23. The Kier molecular flexibility index (Phi) is 4.48. The molecule has 0 aromatic carbocycles. The molecule has 0 atom stereocenters. The van der Waals surface area contributed by atoms with Crippen molar-refractivity contribution in [2.45, 2.75) is 6.92 Å². The highest BCUT2D eigenvalue weighted by Gasteiger charge is 2.13. The molecule has 1 aromatic rings. The fourth-order valence-corrected chi connectivity index (χ4v) is 1.67. The van der Waals surface area contributed by atoms with Crippen LogP contribution in [0.25, 0.3) is 0 Å². The van der Waals surface area contributed by atoms with E-state index in [9.17, 15) is 4.79 Å². The molecular formula is C9H14BrN5O. The molecule has 1 aromatic heterocycles. The van der Waals surface area contributed by atoms with Crippen molar-refractivity contribution in [3.8, 4) is 0 Å². The summed E-state index contributed by atoms with van der Waals surface area (Å²) in [7, 11) is 1.73. The van der Waals surface area contributed by atoms with E-state index in [1.807, 2.05) is 6.92 Å². The molecule has 1 amide bonds. The zero-order chi connectivity index (χ0) is 12.1. The molecule has 0 spiro atoms. The molecule has 1 rings (SSSR count). The monoisotopic (exact) mass is 287 g/mol. The topological polar surface area (TPSA) is 84.1 Å². The van der Waals surface area contributed by atoms with Gasteiger partial charge in [-0.05, 0) is 22.9 Å². The molecule has 7 heteroatoms. The first-order valence-electron chi connectivity index (χ1n) is 4.82. The van der Waals surface area contributed by atoms with E-state index in [1.54, 1.807) is 18.1 Å². The Morgan fingerprint density at radius 3 is 2.88 bits per heavy atom. The van der Waals surface area contributed by atoms with E-state index in [-0.39, 0.29) is 6.54 Å². The Morgan fingerprint density at radius 2 is 2.38 bits per heavy atom. The molecule has 3 N–H and O–H groups in total. The van der Waals surface area contributed by atoms with Crippen LogP contribution in [-0.4, -0.2) is 36.0 Å². The summed E-state index contributed by atoms with van der Waals surface area (Å²) >= 11 is 3.34. The maximum Gasteiger partial charge on any atom is 0.236 e. The number of primary amides is 1. The van der Waals surface area contributed by atoms with Crippen LogP contribution in [0.2, 0.25) is 0 Å². The van der Waals surface area contributed by atoms with Crippen LogP contribution in [-0.2, 0) is 4.79 Å². The second-order valence-corrected chi connectivity index (χ2v) is 3.95. The molecule has 0 aliphatic carbocycles. The van der Waals surface area contributed by atoms with E-state index in [2.05, 4.69) is 31.2 Å². The van der Waals surface area contributed by atoms with Crippen molar-refractivity contribution in [2.24, 2.45) is 5.73 Å². The van der Waals surface area contributed by atoms with Gasteiger partial charge in [-0.25, -0.2) is 4.98 Å². The van der Waals surface area contributed by atoms with E-state index in [4.69, 9.17) is 5.73 Å². The van der Waals surface area contributed by atoms with E-state index in [0.717, 1.165) is 4.47 Å². The van der Waals surface area contributed by atoms with Crippen LogP contribution in [0.3, 0.4) is 0 Å². The number of rotatable bonds is 5. The van der Waals surface area contributed by atoms with Crippen LogP contribution < -0.4 is 16.0 Å². The Balaban J connectivity index is 3.02. The molecule has 0 aliphatic heterocycles. The number of halogens is 1. The quantitative estimate of drug-likeness (QED) is 0.828. The van der Waals surface area contributed by atoms with Crippen molar-refractivity contribution in [2.75, 3.05) is 30.4 Å². The van der Waals surface area contributed by atoms with Crippen LogP contribution in [0.5, 0.6) is 0 Å². The van der Waals surface area contributed by atoms with Crippen LogP contribution in [0.1, 0.15) is 6.92 Å². The number of hydrogen-bond acceptors (Lipinski definition) is 5. The van der Waals surface area contributed by atoms with Crippen molar-refractivity contribution in [1.29, 1.82) is 0 Å². The largest absolute Gasteiger partial charge is 0.368 e. The number of likely N-dealkylation sites (N-methyl/N-ethyl adjacent to an activating group) is 1. The van der Waals surface area contributed by atoms with Gasteiger partial charge in [0.25, 0.3) is 0 Å². The van der Waals surface area contributed by atoms with Gasteiger partial charge < -0.3 is 16.0 Å². The summed E-state index contributed by atoms with van der Waals surface area (Å²) in [4.78, 5) is 21.0. The number of nitrogens with one attached hydrogen (secondary N) is 1. The molecule has 0 bridgehead atoms. The summed E-state index contributed by atoms with van der Waals surface area (Å²) in [5, 5.41) is 2.84. The lowest BCUT2D eigenvalue weighted by Gasteiger charge is -2.21. The summed E-state index contributed by atoms with van der Waals surface area (Å²) in [6.45, 7) is 2.70. The smallest absolute Gasteiger partial charge is 0.236 e. The van der Waals surface area contributed by atoms with Gasteiger partial charge in [0, 0.05) is 19.8 Å². The second kappa shape index (κ2) is 5.64. The van der Waals surface area contributed by atoms with Crippen LogP contribution in [0.15, 0.2) is 10.7 Å². The molecular weight excluding hydrogens is 274 g/mol. The fraction of sp³-hybridized carbons (Fsp3) is 0.444. The number of aromatic nitrogens is 2. The summed E-state index contributed by atoms with van der Waals surface area (Å²) < 4.78 is 0.731. The van der Waals surface area contributed by atoms with Gasteiger partial charge >= 0.3 is 0 Å². The number of carbonyl (C=O) groups is 1. The van der Waals surface area contributed by atoms with E-state index < -0.39 is 5.91 Å². The summed E-state index contributed by atoms with van der Waals surface area (Å²) in [6.07, 6.45) is 1.64. The minimum Gasteiger partial charge on any atom is -0.368 e. The van der Waals surface area contributed by atoms with Gasteiger partial charge in [-0.2, -0.15) is 4.98 Å². The van der Waals surface area contributed by atoms with E-state index >= 15 is 0 Å². The minimum atomic E-state index is -0.390. The normalized spacial score (nSPS) is 9.94. The summed E-state index contributed by atoms with van der Waals surface area (Å²) in [5.74, 6) is 0.764.